The fourth-order valence-electron chi connectivity index (χ4n) is 3.31. The third-order valence-electron chi connectivity index (χ3n) is 5.16. The molecule has 1 aliphatic rings. The number of imide groups is 1. The molecule has 0 spiro atoms. The van der Waals surface area contributed by atoms with Crippen LogP contribution in [0.4, 0.5) is 24.5 Å². The number of benzene rings is 3. The number of halogens is 4. The molecule has 3 aromatic carbocycles. The third-order valence-corrected chi connectivity index (χ3v) is 6.65. The molecule has 0 fully saturated rings. The predicted octanol–water partition coefficient (Wildman–Crippen LogP) is 6.96. The van der Waals surface area contributed by atoms with Crippen LogP contribution in [-0.4, -0.2) is 11.8 Å². The van der Waals surface area contributed by atoms with E-state index in [0.717, 1.165) is 46.0 Å². The minimum atomic E-state index is -4.62. The summed E-state index contributed by atoms with van der Waals surface area (Å²) in [6, 6.07) is 16.5. The molecule has 0 bridgehead atoms. The first-order valence-electron chi connectivity index (χ1n) is 10.1. The summed E-state index contributed by atoms with van der Waals surface area (Å²) in [5.41, 5.74) is 1.17. The summed E-state index contributed by atoms with van der Waals surface area (Å²) in [7, 11) is 0. The highest BCUT2D eigenvalue weighted by Gasteiger charge is 2.41. The highest BCUT2D eigenvalue weighted by molar-refractivity contribution is 8.04. The zero-order valence-corrected chi connectivity index (χ0v) is 19.6. The van der Waals surface area contributed by atoms with Gasteiger partial charge in [0, 0.05) is 15.6 Å². The van der Waals surface area contributed by atoms with Gasteiger partial charge in [-0.15, -0.1) is 0 Å². The summed E-state index contributed by atoms with van der Waals surface area (Å²) in [6.07, 6.45) is -4.62. The molecule has 3 aromatic rings. The van der Waals surface area contributed by atoms with E-state index < -0.39 is 23.6 Å². The van der Waals surface area contributed by atoms with Gasteiger partial charge in [-0.3, -0.25) is 9.59 Å². The van der Waals surface area contributed by atoms with E-state index in [0.29, 0.717) is 15.6 Å². The van der Waals surface area contributed by atoms with Gasteiger partial charge in [0.2, 0.25) is 0 Å². The molecule has 1 N–H and O–H groups in total. The lowest BCUT2D eigenvalue weighted by Gasteiger charge is -2.17. The smallest absolute Gasteiger partial charge is 0.350 e. The minimum Gasteiger partial charge on any atom is -0.350 e. The van der Waals surface area contributed by atoms with E-state index in [1.165, 1.54) is 6.07 Å². The van der Waals surface area contributed by atoms with Crippen LogP contribution in [0.5, 0.6) is 0 Å². The van der Waals surface area contributed by atoms with Crippen LogP contribution in [0.1, 0.15) is 16.7 Å². The summed E-state index contributed by atoms with van der Waals surface area (Å²) in [4.78, 5) is 28.2. The van der Waals surface area contributed by atoms with Crippen molar-refractivity contribution < 1.29 is 22.8 Å². The molecule has 0 unspecified atom stereocenters. The number of nitrogens with zero attached hydrogens (tertiary/aromatic N) is 1. The number of hydrogen-bond acceptors (Lipinski definition) is 4. The highest BCUT2D eigenvalue weighted by atomic mass is 35.5. The van der Waals surface area contributed by atoms with Gasteiger partial charge in [-0.2, -0.15) is 13.2 Å². The van der Waals surface area contributed by atoms with E-state index in [4.69, 9.17) is 11.6 Å². The van der Waals surface area contributed by atoms with Crippen LogP contribution in [0.25, 0.3) is 0 Å². The summed E-state index contributed by atoms with van der Waals surface area (Å²) >= 11 is 7.26. The van der Waals surface area contributed by atoms with E-state index in [2.05, 4.69) is 5.32 Å². The Kier molecular flexibility index (Phi) is 6.47. The normalized spacial score (nSPS) is 14.2. The van der Waals surface area contributed by atoms with Gasteiger partial charge in [-0.1, -0.05) is 53.2 Å². The van der Waals surface area contributed by atoms with Crippen molar-refractivity contribution in [2.75, 3.05) is 10.2 Å². The summed E-state index contributed by atoms with van der Waals surface area (Å²) in [5, 5.41) is 3.42. The summed E-state index contributed by atoms with van der Waals surface area (Å²) in [5.74, 6) is -1.47. The Morgan fingerprint density at radius 1 is 0.912 bits per heavy atom. The van der Waals surface area contributed by atoms with E-state index >= 15 is 0 Å². The second-order valence-corrected chi connectivity index (χ2v) is 9.19. The fraction of sp³-hybridized carbons (Fsp3) is 0.120. The quantitative estimate of drug-likeness (QED) is 0.383. The molecule has 0 saturated carbocycles. The van der Waals surface area contributed by atoms with E-state index in [9.17, 15) is 22.8 Å². The summed E-state index contributed by atoms with van der Waals surface area (Å²) < 4.78 is 39.8. The molecule has 0 aliphatic carbocycles. The van der Waals surface area contributed by atoms with Crippen molar-refractivity contribution in [1.82, 2.24) is 0 Å². The van der Waals surface area contributed by atoms with Gasteiger partial charge in [0.25, 0.3) is 11.8 Å². The van der Waals surface area contributed by atoms with E-state index in [1.807, 2.05) is 26.0 Å². The lowest BCUT2D eigenvalue weighted by Crippen LogP contribution is -2.32. The fourth-order valence-corrected chi connectivity index (χ4v) is 4.42. The number of thioether (sulfide) groups is 1. The van der Waals surface area contributed by atoms with Crippen LogP contribution < -0.4 is 10.2 Å². The molecule has 4 nitrogen and oxygen atoms in total. The van der Waals surface area contributed by atoms with Crippen molar-refractivity contribution in [3.8, 4) is 0 Å². The van der Waals surface area contributed by atoms with Crippen molar-refractivity contribution in [2.45, 2.75) is 24.9 Å². The average Bonchev–Trinajstić information content (AvgIpc) is 3.01. The number of amides is 2. The maximum absolute atomic E-state index is 13.3. The van der Waals surface area contributed by atoms with Crippen LogP contribution >= 0.6 is 23.4 Å². The SMILES string of the molecule is Cc1ccc(SC2=C(Nc3ccc(C)c(Cl)c3)C(=O)N(c3cccc(C(F)(F)F)c3)C2=O)cc1. The summed E-state index contributed by atoms with van der Waals surface area (Å²) in [6.45, 7) is 3.74. The molecule has 9 heteroatoms. The second kappa shape index (κ2) is 9.19. The molecule has 2 amide bonds. The minimum absolute atomic E-state index is 0.0343. The standard InChI is InChI=1S/C25H18ClF3N2O2S/c1-14-6-10-19(11-7-14)34-22-21(30-17-9-8-15(2)20(26)13-17)23(32)31(24(22)33)18-5-3-4-16(12-18)25(27,28)29/h3-13,30H,1-2H3. The molecule has 34 heavy (non-hydrogen) atoms. The van der Waals surface area contributed by atoms with Crippen molar-refractivity contribution >= 4 is 46.6 Å². The number of hydrogen-bond donors (Lipinski definition) is 1. The van der Waals surface area contributed by atoms with Crippen LogP contribution in [0, 0.1) is 13.8 Å². The van der Waals surface area contributed by atoms with Gasteiger partial charge < -0.3 is 5.32 Å². The van der Waals surface area contributed by atoms with Crippen molar-refractivity contribution in [1.29, 1.82) is 0 Å². The Hall–Kier alpha value is -3.23. The Labute approximate surface area is 203 Å². The lowest BCUT2D eigenvalue weighted by atomic mass is 10.2. The van der Waals surface area contributed by atoms with Gasteiger partial charge in [-0.05, 0) is 61.9 Å². The van der Waals surface area contributed by atoms with E-state index in [-0.39, 0.29) is 16.3 Å². The Bertz CT molecular complexity index is 1320. The van der Waals surface area contributed by atoms with Crippen molar-refractivity contribution in [3.63, 3.8) is 0 Å². The molecule has 0 aromatic heterocycles. The molecule has 1 heterocycles. The zero-order valence-electron chi connectivity index (χ0n) is 18.0. The first-order valence-corrected chi connectivity index (χ1v) is 11.3. The first-order chi connectivity index (χ1) is 16.0. The molecule has 0 atom stereocenters. The molecular weight excluding hydrogens is 485 g/mol. The Balaban J connectivity index is 1.76. The van der Waals surface area contributed by atoms with Crippen LogP contribution in [-0.2, 0) is 15.8 Å². The van der Waals surface area contributed by atoms with Crippen LogP contribution in [0.3, 0.4) is 0 Å². The Morgan fingerprint density at radius 2 is 1.62 bits per heavy atom. The molecular formula is C25H18ClF3N2O2S. The molecule has 0 radical (unpaired) electrons. The highest BCUT2D eigenvalue weighted by Crippen LogP contribution is 2.39. The van der Waals surface area contributed by atoms with Crippen LogP contribution in [0.2, 0.25) is 5.02 Å². The number of carbonyl (C=O) groups is 2. The van der Waals surface area contributed by atoms with Gasteiger partial charge in [0.05, 0.1) is 11.3 Å². The maximum Gasteiger partial charge on any atom is 0.416 e. The average molecular weight is 503 g/mol. The molecule has 174 valence electrons. The maximum atomic E-state index is 13.3. The number of alkyl halides is 3. The van der Waals surface area contributed by atoms with Crippen molar-refractivity contribution in [2.24, 2.45) is 0 Å². The number of nitrogens with one attached hydrogen (secondary N) is 1. The third kappa shape index (κ3) is 4.83. The predicted molar refractivity (Wildman–Crippen MR) is 128 cm³/mol. The van der Waals surface area contributed by atoms with Gasteiger partial charge in [-0.25, -0.2) is 4.90 Å². The molecule has 0 saturated heterocycles. The van der Waals surface area contributed by atoms with Gasteiger partial charge in [0.1, 0.15) is 10.6 Å². The molecule has 1 aliphatic heterocycles. The zero-order chi connectivity index (χ0) is 24.6. The topological polar surface area (TPSA) is 49.4 Å². The second-order valence-electron chi connectivity index (χ2n) is 7.70. The Morgan fingerprint density at radius 3 is 2.26 bits per heavy atom. The monoisotopic (exact) mass is 502 g/mol. The lowest BCUT2D eigenvalue weighted by molar-refractivity contribution is -0.137. The van der Waals surface area contributed by atoms with E-state index in [1.54, 1.807) is 30.3 Å². The van der Waals surface area contributed by atoms with Gasteiger partial charge in [0.15, 0.2) is 0 Å². The number of rotatable bonds is 5. The largest absolute Gasteiger partial charge is 0.416 e. The number of anilines is 2. The van der Waals surface area contributed by atoms with Crippen LogP contribution in [0.15, 0.2) is 82.2 Å². The van der Waals surface area contributed by atoms with Gasteiger partial charge >= 0.3 is 6.18 Å². The number of carbonyl (C=O) groups excluding carboxylic acids is 2. The number of aryl methyl sites for hydroxylation is 2. The molecule has 4 rings (SSSR count). The van der Waals surface area contributed by atoms with Crippen molar-refractivity contribution in [3.05, 3.63) is 99.0 Å². The first kappa shape index (κ1) is 23.9.